The van der Waals surface area contributed by atoms with Crippen molar-refractivity contribution in [1.82, 2.24) is 10.2 Å². The molecule has 1 aromatic rings. The summed E-state index contributed by atoms with van der Waals surface area (Å²) in [5, 5.41) is 3.39. The van der Waals surface area contributed by atoms with Gasteiger partial charge in [-0.25, -0.2) is 0 Å². The van der Waals surface area contributed by atoms with Crippen molar-refractivity contribution in [3.8, 4) is 0 Å². The molecular formula is C13H20IN3S. The van der Waals surface area contributed by atoms with Crippen LogP contribution >= 0.6 is 33.9 Å². The highest BCUT2D eigenvalue weighted by molar-refractivity contribution is 14.1. The fourth-order valence-electron chi connectivity index (χ4n) is 2.11. The molecule has 0 amide bonds. The molecule has 0 bridgehead atoms. The fraction of sp³-hybridized carbons (Fsp3) is 0.615. The molecule has 18 heavy (non-hydrogen) atoms. The van der Waals surface area contributed by atoms with Crippen molar-refractivity contribution < 1.29 is 0 Å². The first-order valence-corrected chi connectivity index (χ1v) is 8.46. The Hall–Kier alpha value is -0.300. The van der Waals surface area contributed by atoms with E-state index >= 15 is 0 Å². The number of guanidine groups is 1. The summed E-state index contributed by atoms with van der Waals surface area (Å²) in [6.07, 6.45) is 3.65. The van der Waals surface area contributed by atoms with E-state index in [-0.39, 0.29) is 0 Å². The quantitative estimate of drug-likeness (QED) is 0.496. The van der Waals surface area contributed by atoms with Crippen molar-refractivity contribution in [2.24, 2.45) is 4.99 Å². The smallest absolute Gasteiger partial charge is 0.193 e. The van der Waals surface area contributed by atoms with E-state index in [1.165, 1.54) is 20.6 Å². The number of nitrogens with zero attached hydrogens (tertiary/aromatic N) is 2. The molecule has 100 valence electrons. The van der Waals surface area contributed by atoms with Gasteiger partial charge in [-0.2, -0.15) is 0 Å². The molecule has 0 spiro atoms. The lowest BCUT2D eigenvalue weighted by molar-refractivity contribution is 0.494. The van der Waals surface area contributed by atoms with Gasteiger partial charge in [0.05, 0.1) is 2.88 Å². The number of thiophene rings is 1. The van der Waals surface area contributed by atoms with Crippen LogP contribution in [0.2, 0.25) is 0 Å². The van der Waals surface area contributed by atoms with E-state index < -0.39 is 0 Å². The number of nitrogens with one attached hydrogen (secondary N) is 1. The van der Waals surface area contributed by atoms with Gasteiger partial charge in [-0.3, -0.25) is 4.99 Å². The van der Waals surface area contributed by atoms with Gasteiger partial charge in [-0.15, -0.1) is 11.3 Å². The molecule has 1 aliphatic rings. The lowest BCUT2D eigenvalue weighted by Crippen LogP contribution is -2.39. The van der Waals surface area contributed by atoms with Gasteiger partial charge in [0.15, 0.2) is 5.96 Å². The van der Waals surface area contributed by atoms with Crippen LogP contribution in [0.1, 0.15) is 24.6 Å². The average molecular weight is 377 g/mol. The molecule has 0 aliphatic carbocycles. The molecule has 1 N–H and O–H groups in total. The van der Waals surface area contributed by atoms with Gasteiger partial charge in [-0.1, -0.05) is 0 Å². The molecule has 0 radical (unpaired) electrons. The van der Waals surface area contributed by atoms with E-state index in [9.17, 15) is 0 Å². The minimum absolute atomic E-state index is 0.884. The highest BCUT2D eigenvalue weighted by Gasteiger charge is 2.15. The van der Waals surface area contributed by atoms with Crippen LogP contribution in [-0.2, 0) is 6.42 Å². The fourth-order valence-corrected chi connectivity index (χ4v) is 3.86. The van der Waals surface area contributed by atoms with E-state index in [1.807, 2.05) is 11.3 Å². The Balaban J connectivity index is 1.87. The summed E-state index contributed by atoms with van der Waals surface area (Å²) in [5.41, 5.74) is 0. The molecule has 0 aromatic carbocycles. The zero-order valence-electron chi connectivity index (χ0n) is 10.8. The summed E-state index contributed by atoms with van der Waals surface area (Å²) < 4.78 is 1.36. The maximum atomic E-state index is 4.74. The summed E-state index contributed by atoms with van der Waals surface area (Å²) in [4.78, 5) is 8.54. The van der Waals surface area contributed by atoms with Crippen LogP contribution in [-0.4, -0.2) is 37.0 Å². The molecule has 5 heteroatoms. The first kappa shape index (κ1) is 14.1. The molecule has 2 heterocycles. The zero-order chi connectivity index (χ0) is 12.8. The van der Waals surface area contributed by atoms with Crippen LogP contribution in [0.25, 0.3) is 0 Å². The van der Waals surface area contributed by atoms with Gasteiger partial charge >= 0.3 is 0 Å². The van der Waals surface area contributed by atoms with Crippen LogP contribution in [0.4, 0.5) is 0 Å². The summed E-state index contributed by atoms with van der Waals surface area (Å²) >= 11 is 4.24. The summed E-state index contributed by atoms with van der Waals surface area (Å²) in [6, 6.07) is 4.39. The second-order valence-corrected chi connectivity index (χ2v) is 7.45. The maximum Gasteiger partial charge on any atom is 0.193 e. The van der Waals surface area contributed by atoms with E-state index in [4.69, 9.17) is 4.99 Å². The molecular weight excluding hydrogens is 357 g/mol. The largest absolute Gasteiger partial charge is 0.357 e. The number of halogens is 1. The molecule has 0 atom stereocenters. The van der Waals surface area contributed by atoms with Gasteiger partial charge < -0.3 is 10.2 Å². The average Bonchev–Trinajstić information content (AvgIpc) is 2.99. The SMILES string of the molecule is CCNC(=NCCc1ccc(I)s1)N1CCCC1. The normalized spacial score (nSPS) is 16.3. The Labute approximate surface area is 127 Å². The molecule has 1 aliphatic heterocycles. The van der Waals surface area contributed by atoms with Gasteiger partial charge in [-0.05, 0) is 54.5 Å². The van der Waals surface area contributed by atoms with Gasteiger partial charge in [0.2, 0.25) is 0 Å². The molecule has 0 saturated carbocycles. The lowest BCUT2D eigenvalue weighted by Gasteiger charge is -2.20. The minimum Gasteiger partial charge on any atom is -0.357 e. The lowest BCUT2D eigenvalue weighted by atomic mass is 10.3. The highest BCUT2D eigenvalue weighted by atomic mass is 127. The molecule has 3 nitrogen and oxygen atoms in total. The third kappa shape index (κ3) is 4.12. The predicted molar refractivity (Wildman–Crippen MR) is 87.5 cm³/mol. The summed E-state index contributed by atoms with van der Waals surface area (Å²) in [6.45, 7) is 6.28. The summed E-state index contributed by atoms with van der Waals surface area (Å²) in [5.74, 6) is 1.10. The van der Waals surface area contributed by atoms with Crippen molar-refractivity contribution in [2.45, 2.75) is 26.2 Å². The van der Waals surface area contributed by atoms with Crippen molar-refractivity contribution >= 4 is 39.9 Å². The monoisotopic (exact) mass is 377 g/mol. The van der Waals surface area contributed by atoms with Crippen LogP contribution in [0.15, 0.2) is 17.1 Å². The number of aliphatic imine (C=N–C) groups is 1. The minimum atomic E-state index is 0.884. The topological polar surface area (TPSA) is 27.6 Å². The van der Waals surface area contributed by atoms with E-state index in [0.29, 0.717) is 0 Å². The van der Waals surface area contributed by atoms with Crippen molar-refractivity contribution in [2.75, 3.05) is 26.2 Å². The molecule has 1 aromatic heterocycles. The molecule has 0 unspecified atom stereocenters. The Bertz CT molecular complexity index is 397. The number of likely N-dealkylation sites (tertiary alicyclic amines) is 1. The Morgan fingerprint density at radius 1 is 1.44 bits per heavy atom. The molecule has 2 rings (SSSR count). The van der Waals surface area contributed by atoms with Crippen LogP contribution in [0, 0.1) is 2.88 Å². The number of hydrogen-bond donors (Lipinski definition) is 1. The van der Waals surface area contributed by atoms with Crippen molar-refractivity contribution in [3.63, 3.8) is 0 Å². The number of rotatable bonds is 4. The second-order valence-electron chi connectivity index (χ2n) is 4.39. The predicted octanol–water partition coefficient (Wildman–Crippen LogP) is 2.96. The van der Waals surface area contributed by atoms with E-state index in [1.54, 1.807) is 0 Å². The summed E-state index contributed by atoms with van der Waals surface area (Å²) in [7, 11) is 0. The van der Waals surface area contributed by atoms with Gasteiger partial charge in [0.25, 0.3) is 0 Å². The van der Waals surface area contributed by atoms with Gasteiger partial charge in [0, 0.05) is 37.5 Å². The first-order chi connectivity index (χ1) is 8.79. The molecule has 1 saturated heterocycles. The number of hydrogen-bond acceptors (Lipinski definition) is 2. The second kappa shape index (κ2) is 7.33. The van der Waals surface area contributed by atoms with Crippen LogP contribution in [0.3, 0.4) is 0 Å². The van der Waals surface area contributed by atoms with Crippen LogP contribution in [0.5, 0.6) is 0 Å². The van der Waals surface area contributed by atoms with E-state index in [0.717, 1.165) is 38.6 Å². The highest BCUT2D eigenvalue weighted by Crippen LogP contribution is 2.18. The van der Waals surface area contributed by atoms with E-state index in [2.05, 4.69) is 51.9 Å². The Kier molecular flexibility index (Phi) is 5.75. The molecule has 1 fully saturated rings. The third-order valence-electron chi connectivity index (χ3n) is 2.99. The Morgan fingerprint density at radius 3 is 2.83 bits per heavy atom. The zero-order valence-corrected chi connectivity index (χ0v) is 13.8. The van der Waals surface area contributed by atoms with Crippen molar-refractivity contribution in [3.05, 3.63) is 19.9 Å². The first-order valence-electron chi connectivity index (χ1n) is 6.57. The van der Waals surface area contributed by atoms with Crippen LogP contribution < -0.4 is 5.32 Å². The maximum absolute atomic E-state index is 4.74. The third-order valence-corrected chi connectivity index (χ3v) is 4.94. The Morgan fingerprint density at radius 2 is 2.22 bits per heavy atom. The standard InChI is InChI=1S/C13H20IN3S/c1-2-15-13(17-9-3-4-10-17)16-8-7-11-5-6-12(14)18-11/h5-6H,2-4,7-10H2,1H3,(H,15,16). The van der Waals surface area contributed by atoms with Crippen molar-refractivity contribution in [1.29, 1.82) is 0 Å². The van der Waals surface area contributed by atoms with Gasteiger partial charge in [0.1, 0.15) is 0 Å².